The fourth-order valence-electron chi connectivity index (χ4n) is 3.39. The zero-order valence-corrected chi connectivity index (χ0v) is 16.1. The van der Waals surface area contributed by atoms with Crippen LogP contribution in [-0.2, 0) is 6.54 Å². The molecule has 0 spiro atoms. The van der Waals surface area contributed by atoms with E-state index in [0.717, 1.165) is 22.9 Å². The Morgan fingerprint density at radius 3 is 2.62 bits per heavy atom. The summed E-state index contributed by atoms with van der Waals surface area (Å²) in [7, 11) is 2.05. The van der Waals surface area contributed by atoms with Crippen LogP contribution in [0.15, 0.2) is 6.07 Å². The van der Waals surface area contributed by atoms with Gasteiger partial charge >= 0.3 is 0 Å². The Bertz CT molecular complexity index is 704. The molecule has 4 nitrogen and oxygen atoms in total. The van der Waals surface area contributed by atoms with Gasteiger partial charge in [0.25, 0.3) is 0 Å². The van der Waals surface area contributed by atoms with E-state index in [-0.39, 0.29) is 12.1 Å². The molecule has 2 heterocycles. The molecule has 5 heteroatoms. The molecule has 0 aliphatic heterocycles. The summed E-state index contributed by atoms with van der Waals surface area (Å²) in [6.45, 7) is 6.95. The van der Waals surface area contributed by atoms with Crippen molar-refractivity contribution in [3.05, 3.63) is 22.5 Å². The number of aromatic nitrogens is 2. The summed E-state index contributed by atoms with van der Waals surface area (Å²) in [6, 6.07) is 2.34. The van der Waals surface area contributed by atoms with Crippen molar-refractivity contribution in [3.8, 4) is 0 Å². The Morgan fingerprint density at radius 2 is 1.96 bits per heavy atom. The van der Waals surface area contributed by atoms with Crippen molar-refractivity contribution in [1.29, 1.82) is 0 Å². The van der Waals surface area contributed by atoms with Crippen LogP contribution >= 0.6 is 11.3 Å². The highest BCUT2D eigenvalue weighted by atomic mass is 32.1. The lowest BCUT2D eigenvalue weighted by molar-refractivity contribution is 0.0727. The molecule has 0 atom stereocenters. The third-order valence-corrected chi connectivity index (χ3v) is 6.61. The molecule has 0 saturated heterocycles. The summed E-state index contributed by atoms with van der Waals surface area (Å²) in [5.74, 6) is 1.54. The molecule has 24 heavy (non-hydrogen) atoms. The Balaban J connectivity index is 1.93. The molecule has 2 aromatic heterocycles. The lowest BCUT2D eigenvalue weighted by Gasteiger charge is -2.33. The largest absolute Gasteiger partial charge is 0.394 e. The summed E-state index contributed by atoms with van der Waals surface area (Å²) < 4.78 is 0. The molecule has 3 rings (SSSR count). The second-order valence-corrected chi connectivity index (χ2v) is 8.81. The Kier molecular flexibility index (Phi) is 5.23. The molecule has 0 radical (unpaired) electrons. The van der Waals surface area contributed by atoms with E-state index in [4.69, 9.17) is 4.98 Å². The van der Waals surface area contributed by atoms with E-state index in [1.807, 2.05) is 25.3 Å². The van der Waals surface area contributed by atoms with Crippen molar-refractivity contribution in [3.63, 3.8) is 0 Å². The Morgan fingerprint density at radius 1 is 1.25 bits per heavy atom. The van der Waals surface area contributed by atoms with Gasteiger partial charge in [0.1, 0.15) is 10.7 Å². The van der Waals surface area contributed by atoms with E-state index in [1.165, 1.54) is 42.4 Å². The predicted molar refractivity (Wildman–Crippen MR) is 101 cm³/mol. The smallest absolute Gasteiger partial charge is 0.127 e. The van der Waals surface area contributed by atoms with Crippen molar-refractivity contribution < 1.29 is 5.11 Å². The highest BCUT2D eigenvalue weighted by molar-refractivity contribution is 7.18. The number of hydrogen-bond acceptors (Lipinski definition) is 5. The Labute approximate surface area is 148 Å². The number of rotatable bonds is 5. The maximum absolute atomic E-state index is 9.61. The van der Waals surface area contributed by atoms with Gasteiger partial charge in [-0.05, 0) is 52.6 Å². The Hall–Kier alpha value is -1.04. The fraction of sp³-hybridized carbons (Fsp3) is 0.684. The monoisotopic (exact) mass is 347 g/mol. The first-order valence-corrected chi connectivity index (χ1v) is 9.81. The van der Waals surface area contributed by atoms with Gasteiger partial charge in [0, 0.05) is 22.3 Å². The standard InChI is InChI=1S/C19H29N3OS/c1-13-20-16(11-22(4)19(2,3)12-23)15-10-17(24-18(15)21-13)14-8-6-5-7-9-14/h10,14,23H,5-9,11-12H2,1-4H3. The van der Waals surface area contributed by atoms with Crippen LogP contribution in [0.3, 0.4) is 0 Å². The SMILES string of the molecule is Cc1nc(CN(C)C(C)(C)CO)c2cc(C3CCCCC3)sc2n1. The van der Waals surface area contributed by atoms with Crippen LogP contribution in [0.1, 0.15) is 68.3 Å². The van der Waals surface area contributed by atoms with E-state index in [9.17, 15) is 5.11 Å². The number of hydrogen-bond donors (Lipinski definition) is 1. The van der Waals surface area contributed by atoms with Crippen LogP contribution in [0.25, 0.3) is 10.2 Å². The molecule has 0 aromatic carbocycles. The third kappa shape index (κ3) is 3.63. The average molecular weight is 348 g/mol. The number of likely N-dealkylation sites (N-methyl/N-ethyl adjacent to an activating group) is 1. The highest BCUT2D eigenvalue weighted by Gasteiger charge is 2.25. The zero-order chi connectivity index (χ0) is 17.3. The minimum absolute atomic E-state index is 0.133. The fourth-order valence-corrected chi connectivity index (χ4v) is 4.65. The van der Waals surface area contributed by atoms with Crippen LogP contribution < -0.4 is 0 Å². The van der Waals surface area contributed by atoms with Crippen LogP contribution in [0.5, 0.6) is 0 Å². The molecular formula is C19H29N3OS. The van der Waals surface area contributed by atoms with Gasteiger partial charge in [-0.1, -0.05) is 19.3 Å². The van der Waals surface area contributed by atoms with Crippen molar-refractivity contribution in [1.82, 2.24) is 14.9 Å². The van der Waals surface area contributed by atoms with Crippen molar-refractivity contribution >= 4 is 21.6 Å². The van der Waals surface area contributed by atoms with Gasteiger partial charge < -0.3 is 5.11 Å². The summed E-state index contributed by atoms with van der Waals surface area (Å²) in [5.41, 5.74) is 0.827. The van der Waals surface area contributed by atoms with Crippen LogP contribution in [0.4, 0.5) is 0 Å². The van der Waals surface area contributed by atoms with E-state index in [2.05, 4.69) is 29.8 Å². The number of aliphatic hydroxyl groups excluding tert-OH is 1. The lowest BCUT2D eigenvalue weighted by atomic mass is 9.88. The van der Waals surface area contributed by atoms with Crippen molar-refractivity contribution in [2.24, 2.45) is 0 Å². The lowest BCUT2D eigenvalue weighted by Crippen LogP contribution is -2.43. The van der Waals surface area contributed by atoms with Crippen LogP contribution in [-0.4, -0.2) is 39.2 Å². The van der Waals surface area contributed by atoms with E-state index in [0.29, 0.717) is 5.92 Å². The van der Waals surface area contributed by atoms with Crippen LogP contribution in [0.2, 0.25) is 0 Å². The number of aliphatic hydroxyl groups is 1. The average Bonchev–Trinajstić information content (AvgIpc) is 2.99. The third-order valence-electron chi connectivity index (χ3n) is 5.42. The summed E-state index contributed by atoms with van der Waals surface area (Å²) in [4.78, 5) is 14.2. The quantitative estimate of drug-likeness (QED) is 0.878. The summed E-state index contributed by atoms with van der Waals surface area (Å²) in [5, 5.41) is 10.8. The van der Waals surface area contributed by atoms with E-state index < -0.39 is 0 Å². The second-order valence-electron chi connectivity index (χ2n) is 7.75. The molecule has 132 valence electrons. The normalized spacial score (nSPS) is 17.1. The maximum Gasteiger partial charge on any atom is 0.127 e. The molecule has 0 amide bonds. The van der Waals surface area contributed by atoms with Gasteiger partial charge in [-0.2, -0.15) is 0 Å². The summed E-state index contributed by atoms with van der Waals surface area (Å²) >= 11 is 1.85. The second kappa shape index (κ2) is 7.06. The van der Waals surface area contributed by atoms with E-state index >= 15 is 0 Å². The van der Waals surface area contributed by atoms with Crippen molar-refractivity contribution in [2.45, 2.75) is 70.9 Å². The highest BCUT2D eigenvalue weighted by Crippen LogP contribution is 2.39. The molecule has 1 saturated carbocycles. The topological polar surface area (TPSA) is 49.2 Å². The number of nitrogens with zero attached hydrogens (tertiary/aromatic N) is 3. The number of thiophene rings is 1. The van der Waals surface area contributed by atoms with Crippen LogP contribution in [0, 0.1) is 6.92 Å². The molecule has 1 aliphatic rings. The van der Waals surface area contributed by atoms with Gasteiger partial charge in [0.15, 0.2) is 0 Å². The minimum atomic E-state index is -0.257. The molecule has 1 aliphatic carbocycles. The minimum Gasteiger partial charge on any atom is -0.394 e. The molecule has 0 unspecified atom stereocenters. The maximum atomic E-state index is 9.61. The first kappa shape index (κ1) is 17.8. The van der Waals surface area contributed by atoms with Gasteiger partial charge in [-0.25, -0.2) is 9.97 Å². The molecule has 1 N–H and O–H groups in total. The van der Waals surface area contributed by atoms with Gasteiger partial charge in [0.05, 0.1) is 12.3 Å². The van der Waals surface area contributed by atoms with E-state index in [1.54, 1.807) is 0 Å². The first-order chi connectivity index (χ1) is 11.4. The number of fused-ring (bicyclic) bond motifs is 1. The molecular weight excluding hydrogens is 318 g/mol. The first-order valence-electron chi connectivity index (χ1n) is 9.00. The molecule has 2 aromatic rings. The van der Waals surface area contributed by atoms with Crippen molar-refractivity contribution in [2.75, 3.05) is 13.7 Å². The van der Waals surface area contributed by atoms with Gasteiger partial charge in [0.2, 0.25) is 0 Å². The molecule has 1 fully saturated rings. The summed E-state index contributed by atoms with van der Waals surface area (Å²) in [6.07, 6.45) is 6.71. The zero-order valence-electron chi connectivity index (χ0n) is 15.3. The molecule has 0 bridgehead atoms. The van der Waals surface area contributed by atoms with Gasteiger partial charge in [-0.15, -0.1) is 11.3 Å². The number of aryl methyl sites for hydroxylation is 1. The predicted octanol–water partition coefficient (Wildman–Crippen LogP) is 4.25. The van der Waals surface area contributed by atoms with Gasteiger partial charge in [-0.3, -0.25) is 4.90 Å².